The van der Waals surface area contributed by atoms with E-state index < -0.39 is 0 Å². The second-order valence-corrected chi connectivity index (χ2v) is 6.09. The van der Waals surface area contributed by atoms with E-state index in [9.17, 15) is 4.79 Å². The van der Waals surface area contributed by atoms with Crippen LogP contribution in [0.5, 0.6) is 11.5 Å². The average molecular weight is 369 g/mol. The minimum atomic E-state index is -0.198. The van der Waals surface area contributed by atoms with E-state index in [-0.39, 0.29) is 5.91 Å². The van der Waals surface area contributed by atoms with E-state index in [2.05, 4.69) is 0 Å². The molecule has 3 aromatic rings. The number of fused-ring (bicyclic) bond motifs is 1. The summed E-state index contributed by atoms with van der Waals surface area (Å²) in [5.74, 6) is 1.60. The van der Waals surface area contributed by atoms with Crippen LogP contribution in [0.2, 0.25) is 0 Å². The number of furan rings is 1. The van der Waals surface area contributed by atoms with Crippen molar-refractivity contribution < 1.29 is 23.4 Å². The zero-order valence-corrected chi connectivity index (χ0v) is 15.7. The molecule has 0 unspecified atom stereocenters. The molecule has 0 fully saturated rings. The fourth-order valence-corrected chi connectivity index (χ4v) is 2.81. The van der Waals surface area contributed by atoms with Crippen molar-refractivity contribution in [2.24, 2.45) is 0 Å². The molecule has 3 rings (SSSR count). The highest BCUT2D eigenvalue weighted by atomic mass is 16.5. The fourth-order valence-electron chi connectivity index (χ4n) is 2.81. The van der Waals surface area contributed by atoms with Crippen molar-refractivity contribution in [3.63, 3.8) is 0 Å². The Morgan fingerprint density at radius 1 is 1.04 bits per heavy atom. The summed E-state index contributed by atoms with van der Waals surface area (Å²) in [4.78, 5) is 14.4. The predicted molar refractivity (Wildman–Crippen MR) is 102 cm³/mol. The van der Waals surface area contributed by atoms with Crippen LogP contribution in [0.1, 0.15) is 16.1 Å². The van der Waals surface area contributed by atoms with Gasteiger partial charge in [-0.15, -0.1) is 0 Å². The molecule has 6 heteroatoms. The first-order chi connectivity index (χ1) is 13.1. The van der Waals surface area contributed by atoms with Gasteiger partial charge >= 0.3 is 0 Å². The quantitative estimate of drug-likeness (QED) is 0.605. The van der Waals surface area contributed by atoms with E-state index in [1.807, 2.05) is 48.5 Å². The number of carbonyl (C=O) groups excluding carboxylic acids is 1. The topological polar surface area (TPSA) is 61.1 Å². The Kier molecular flexibility index (Phi) is 5.98. The van der Waals surface area contributed by atoms with E-state index in [1.54, 1.807) is 26.2 Å². The van der Waals surface area contributed by atoms with Gasteiger partial charge < -0.3 is 23.5 Å². The van der Waals surface area contributed by atoms with Crippen LogP contribution in [0, 0.1) is 0 Å². The first kappa shape index (κ1) is 18.8. The molecule has 1 amide bonds. The molecule has 0 bridgehead atoms. The third-order valence-electron chi connectivity index (χ3n) is 4.28. The minimum Gasteiger partial charge on any atom is -0.497 e. The van der Waals surface area contributed by atoms with Gasteiger partial charge in [0.25, 0.3) is 5.91 Å². The minimum absolute atomic E-state index is 0.198. The highest BCUT2D eigenvalue weighted by molar-refractivity contribution is 5.98. The monoisotopic (exact) mass is 369 g/mol. The number of ether oxygens (including phenoxy) is 3. The summed E-state index contributed by atoms with van der Waals surface area (Å²) in [7, 11) is 4.94. The number of para-hydroxylation sites is 1. The van der Waals surface area contributed by atoms with Crippen molar-refractivity contribution in [1.82, 2.24) is 4.90 Å². The summed E-state index contributed by atoms with van der Waals surface area (Å²) in [5.41, 5.74) is 1.44. The second kappa shape index (κ2) is 8.60. The first-order valence-corrected chi connectivity index (χ1v) is 8.65. The molecule has 0 aliphatic heterocycles. The molecule has 1 aromatic heterocycles. The Bertz CT molecular complexity index is 901. The zero-order chi connectivity index (χ0) is 19.2. The van der Waals surface area contributed by atoms with Gasteiger partial charge in [-0.05, 0) is 30.3 Å². The lowest BCUT2D eigenvalue weighted by Gasteiger charge is -2.17. The van der Waals surface area contributed by atoms with Gasteiger partial charge in [-0.2, -0.15) is 0 Å². The number of carbonyl (C=O) groups is 1. The smallest absolute Gasteiger partial charge is 0.289 e. The molecule has 0 N–H and O–H groups in total. The molecule has 1 heterocycles. The molecule has 0 saturated heterocycles. The van der Waals surface area contributed by atoms with Crippen LogP contribution in [-0.4, -0.2) is 45.2 Å². The Hall–Kier alpha value is -2.99. The van der Waals surface area contributed by atoms with E-state index >= 15 is 0 Å². The summed E-state index contributed by atoms with van der Waals surface area (Å²) in [6, 6.07) is 14.9. The van der Waals surface area contributed by atoms with Crippen LogP contribution >= 0.6 is 0 Å². The highest BCUT2D eigenvalue weighted by Gasteiger charge is 2.23. The van der Waals surface area contributed by atoms with Gasteiger partial charge in [0.05, 0.1) is 20.3 Å². The fraction of sp³-hybridized carbons (Fsp3) is 0.286. The van der Waals surface area contributed by atoms with Gasteiger partial charge in [0.1, 0.15) is 23.7 Å². The average Bonchev–Trinajstić information content (AvgIpc) is 3.07. The molecule has 0 spiro atoms. The third kappa shape index (κ3) is 4.23. The van der Waals surface area contributed by atoms with Crippen molar-refractivity contribution in [2.75, 3.05) is 34.4 Å². The molecule has 0 radical (unpaired) electrons. The maximum atomic E-state index is 12.8. The Morgan fingerprint density at radius 3 is 2.44 bits per heavy atom. The number of hydrogen-bond acceptors (Lipinski definition) is 5. The summed E-state index contributed by atoms with van der Waals surface area (Å²) in [5, 5.41) is 0.894. The van der Waals surface area contributed by atoms with E-state index in [4.69, 9.17) is 18.6 Å². The van der Waals surface area contributed by atoms with Crippen LogP contribution in [0.15, 0.2) is 52.9 Å². The lowest BCUT2D eigenvalue weighted by Crippen LogP contribution is -2.31. The van der Waals surface area contributed by atoms with Crippen LogP contribution in [0.25, 0.3) is 11.0 Å². The molecule has 2 aromatic carbocycles. The number of methoxy groups -OCH3 is 2. The maximum absolute atomic E-state index is 12.8. The van der Waals surface area contributed by atoms with Gasteiger partial charge in [0, 0.05) is 25.1 Å². The van der Waals surface area contributed by atoms with Gasteiger partial charge in [0.2, 0.25) is 0 Å². The molecule has 0 atom stereocenters. The van der Waals surface area contributed by atoms with Gasteiger partial charge in [-0.3, -0.25) is 4.79 Å². The summed E-state index contributed by atoms with van der Waals surface area (Å²) >= 11 is 0. The normalized spacial score (nSPS) is 10.8. The lowest BCUT2D eigenvalue weighted by atomic mass is 10.1. The Labute approximate surface area is 158 Å². The summed E-state index contributed by atoms with van der Waals surface area (Å²) in [6.45, 7) is 1.11. The second-order valence-electron chi connectivity index (χ2n) is 6.09. The molecule has 0 aliphatic rings. The Morgan fingerprint density at radius 2 is 1.74 bits per heavy atom. The van der Waals surface area contributed by atoms with E-state index in [0.29, 0.717) is 31.1 Å². The third-order valence-corrected chi connectivity index (χ3v) is 4.28. The predicted octanol–water partition coefficient (Wildman–Crippen LogP) is 3.74. The molecular formula is C21H23NO5. The van der Waals surface area contributed by atoms with Crippen LogP contribution in [0.3, 0.4) is 0 Å². The van der Waals surface area contributed by atoms with Gasteiger partial charge in [0.15, 0.2) is 5.76 Å². The SMILES string of the molecule is COCc1c(C(=O)N(C)CCOc2ccc(OC)cc2)oc2ccccc12. The molecule has 142 valence electrons. The molecular weight excluding hydrogens is 346 g/mol. The number of hydrogen-bond donors (Lipinski definition) is 0. The van der Waals surface area contributed by atoms with E-state index in [1.165, 1.54) is 0 Å². The lowest BCUT2D eigenvalue weighted by molar-refractivity contribution is 0.0738. The van der Waals surface area contributed by atoms with E-state index in [0.717, 1.165) is 22.4 Å². The summed E-state index contributed by atoms with van der Waals surface area (Å²) < 4.78 is 21.9. The van der Waals surface area contributed by atoms with Crippen LogP contribution in [-0.2, 0) is 11.3 Å². The maximum Gasteiger partial charge on any atom is 0.289 e. The molecule has 0 aliphatic carbocycles. The largest absolute Gasteiger partial charge is 0.497 e. The standard InChI is InChI=1S/C21H23NO5/c1-22(12-13-26-16-10-8-15(25-3)9-11-16)21(23)20-18(14-24-2)17-6-4-5-7-19(17)27-20/h4-11H,12-14H2,1-3H3. The zero-order valence-electron chi connectivity index (χ0n) is 15.7. The number of nitrogens with zero attached hydrogens (tertiary/aromatic N) is 1. The molecule has 6 nitrogen and oxygen atoms in total. The summed E-state index contributed by atoms with van der Waals surface area (Å²) in [6.07, 6.45) is 0. The molecule has 0 saturated carbocycles. The number of likely N-dealkylation sites (N-methyl/N-ethyl adjacent to an activating group) is 1. The Balaban J connectivity index is 1.66. The van der Waals surface area contributed by atoms with Crippen molar-refractivity contribution in [3.8, 4) is 11.5 Å². The van der Waals surface area contributed by atoms with Crippen molar-refractivity contribution in [2.45, 2.75) is 6.61 Å². The van der Waals surface area contributed by atoms with Crippen molar-refractivity contribution >= 4 is 16.9 Å². The number of amides is 1. The van der Waals surface area contributed by atoms with Crippen molar-refractivity contribution in [1.29, 1.82) is 0 Å². The van der Waals surface area contributed by atoms with Crippen LogP contribution in [0.4, 0.5) is 0 Å². The van der Waals surface area contributed by atoms with Gasteiger partial charge in [-0.25, -0.2) is 0 Å². The van der Waals surface area contributed by atoms with Gasteiger partial charge in [-0.1, -0.05) is 18.2 Å². The number of rotatable bonds is 8. The first-order valence-electron chi connectivity index (χ1n) is 8.65. The highest BCUT2D eigenvalue weighted by Crippen LogP contribution is 2.27. The van der Waals surface area contributed by atoms with Crippen molar-refractivity contribution in [3.05, 3.63) is 59.9 Å². The van der Waals surface area contributed by atoms with Crippen LogP contribution < -0.4 is 9.47 Å². The number of benzene rings is 2. The molecule has 27 heavy (non-hydrogen) atoms.